The molecule has 3 aromatic rings. The van der Waals surface area contributed by atoms with Gasteiger partial charge in [0.2, 0.25) is 0 Å². The number of carbonyl (C=O) groups is 2. The molecular formula is C21H23N3O4. The molecule has 1 heterocycles. The molecule has 0 radical (unpaired) electrons. The van der Waals surface area contributed by atoms with Gasteiger partial charge in [-0.05, 0) is 24.1 Å². The third-order valence-corrected chi connectivity index (χ3v) is 4.61. The van der Waals surface area contributed by atoms with Crippen LogP contribution in [0.1, 0.15) is 16.1 Å². The number of rotatable bonds is 7. The highest BCUT2D eigenvalue weighted by Crippen LogP contribution is 2.15. The smallest absolute Gasteiger partial charge is 0.276 e. The number of aromatic amines is 1. The van der Waals surface area contributed by atoms with Crippen LogP contribution in [-0.2, 0) is 16.1 Å². The molecule has 0 saturated heterocycles. The van der Waals surface area contributed by atoms with E-state index in [9.17, 15) is 14.7 Å². The summed E-state index contributed by atoms with van der Waals surface area (Å²) >= 11 is 0. The van der Waals surface area contributed by atoms with Crippen molar-refractivity contribution >= 4 is 22.7 Å². The van der Waals surface area contributed by atoms with Crippen LogP contribution in [0.5, 0.6) is 0 Å². The monoisotopic (exact) mass is 381 g/mol. The molecule has 7 nitrogen and oxygen atoms in total. The summed E-state index contributed by atoms with van der Waals surface area (Å²) < 4.78 is 0. The minimum atomic E-state index is -1.46. The van der Waals surface area contributed by atoms with E-state index in [1.54, 1.807) is 6.07 Å². The molecule has 2 amide bonds. The normalized spacial score (nSPS) is 13.1. The maximum absolute atomic E-state index is 12.8. The molecule has 3 rings (SSSR count). The van der Waals surface area contributed by atoms with Gasteiger partial charge in [0, 0.05) is 18.0 Å². The predicted octanol–water partition coefficient (Wildman–Crippen LogP) is 1.89. The van der Waals surface area contributed by atoms with Crippen molar-refractivity contribution in [3.63, 3.8) is 0 Å². The molecular weight excluding hydrogens is 358 g/mol. The summed E-state index contributed by atoms with van der Waals surface area (Å²) in [4.78, 5) is 33.0. The summed E-state index contributed by atoms with van der Waals surface area (Å²) in [6, 6.07) is 17.8. The van der Waals surface area contributed by atoms with Crippen molar-refractivity contribution in [2.24, 2.45) is 0 Å². The predicted molar refractivity (Wildman–Crippen MR) is 105 cm³/mol. The SMILES string of the molecule is CON(C)C(=O)[C@H](O)[C@H](Cc1ccccc1)NC(=O)c1cc2ccccc2[nH]1. The van der Waals surface area contributed by atoms with E-state index in [-0.39, 0.29) is 6.42 Å². The van der Waals surface area contributed by atoms with Gasteiger partial charge in [-0.15, -0.1) is 0 Å². The molecule has 146 valence electrons. The Labute approximate surface area is 162 Å². The molecule has 0 spiro atoms. The van der Waals surface area contributed by atoms with Crippen LogP contribution in [0.15, 0.2) is 60.7 Å². The van der Waals surface area contributed by atoms with E-state index < -0.39 is 24.0 Å². The maximum Gasteiger partial charge on any atom is 0.276 e. The number of nitrogens with one attached hydrogen (secondary N) is 2. The Morgan fingerprint density at radius 1 is 1.14 bits per heavy atom. The number of amides is 2. The Morgan fingerprint density at radius 3 is 2.50 bits per heavy atom. The minimum Gasteiger partial charge on any atom is -0.381 e. The number of fused-ring (bicyclic) bond motifs is 1. The molecule has 2 aromatic carbocycles. The van der Waals surface area contributed by atoms with Crippen LogP contribution in [0.25, 0.3) is 10.9 Å². The van der Waals surface area contributed by atoms with Crippen LogP contribution in [-0.4, -0.2) is 53.3 Å². The zero-order valence-corrected chi connectivity index (χ0v) is 15.8. The first kappa shape index (κ1) is 19.6. The second-order valence-electron chi connectivity index (χ2n) is 6.50. The molecule has 7 heteroatoms. The quantitative estimate of drug-likeness (QED) is 0.545. The van der Waals surface area contributed by atoms with Gasteiger partial charge in [0.15, 0.2) is 6.10 Å². The molecule has 0 aliphatic carbocycles. The zero-order chi connectivity index (χ0) is 20.1. The van der Waals surface area contributed by atoms with E-state index in [2.05, 4.69) is 10.3 Å². The van der Waals surface area contributed by atoms with Gasteiger partial charge in [-0.25, -0.2) is 5.06 Å². The highest BCUT2D eigenvalue weighted by molar-refractivity contribution is 5.98. The molecule has 0 aliphatic rings. The number of H-pyrrole nitrogens is 1. The summed E-state index contributed by atoms with van der Waals surface area (Å²) in [7, 11) is 2.74. The summed E-state index contributed by atoms with van der Waals surface area (Å²) in [6.07, 6.45) is -1.17. The van der Waals surface area contributed by atoms with Gasteiger partial charge in [0.25, 0.3) is 11.8 Å². The van der Waals surface area contributed by atoms with Gasteiger partial charge in [0.05, 0.1) is 13.2 Å². The first-order valence-corrected chi connectivity index (χ1v) is 8.92. The number of aliphatic hydroxyl groups is 1. The second-order valence-corrected chi connectivity index (χ2v) is 6.50. The van der Waals surface area contributed by atoms with Crippen LogP contribution in [0.2, 0.25) is 0 Å². The van der Waals surface area contributed by atoms with Crippen molar-refractivity contribution in [1.82, 2.24) is 15.4 Å². The van der Waals surface area contributed by atoms with E-state index in [0.29, 0.717) is 5.69 Å². The summed E-state index contributed by atoms with van der Waals surface area (Å²) in [5.74, 6) is -1.04. The first-order valence-electron chi connectivity index (χ1n) is 8.92. The number of aliphatic hydroxyl groups excluding tert-OH is 1. The number of aromatic nitrogens is 1. The lowest BCUT2D eigenvalue weighted by atomic mass is 10.0. The number of likely N-dealkylation sites (N-methyl/N-ethyl adjacent to an activating group) is 1. The first-order chi connectivity index (χ1) is 13.5. The average Bonchev–Trinajstić information content (AvgIpc) is 3.16. The fourth-order valence-corrected chi connectivity index (χ4v) is 3.00. The topological polar surface area (TPSA) is 94.7 Å². The zero-order valence-electron chi connectivity index (χ0n) is 15.8. The average molecular weight is 381 g/mol. The van der Waals surface area contributed by atoms with E-state index in [4.69, 9.17) is 4.84 Å². The molecule has 2 atom stereocenters. The summed E-state index contributed by atoms with van der Waals surface area (Å²) in [5, 5.41) is 15.2. The van der Waals surface area contributed by atoms with Gasteiger partial charge in [0.1, 0.15) is 5.69 Å². The van der Waals surface area contributed by atoms with E-state index >= 15 is 0 Å². The molecule has 0 fully saturated rings. The lowest BCUT2D eigenvalue weighted by molar-refractivity contribution is -0.179. The molecule has 28 heavy (non-hydrogen) atoms. The van der Waals surface area contributed by atoms with Gasteiger partial charge >= 0.3 is 0 Å². The Kier molecular flexibility index (Phi) is 6.08. The number of hydroxylamine groups is 2. The van der Waals surface area contributed by atoms with Crippen molar-refractivity contribution in [1.29, 1.82) is 0 Å². The standard InChI is InChI=1S/C21H23N3O4/c1-24(28-2)21(27)19(25)17(12-14-8-4-3-5-9-14)23-20(26)18-13-15-10-6-7-11-16(15)22-18/h3-11,13,17,19,22,25H,12H2,1-2H3,(H,23,26)/t17-,19+/m0/s1. The molecule has 3 N–H and O–H groups in total. The van der Waals surface area contributed by atoms with Crippen molar-refractivity contribution < 1.29 is 19.5 Å². The number of hydrogen-bond donors (Lipinski definition) is 3. The van der Waals surface area contributed by atoms with E-state index in [1.807, 2.05) is 54.6 Å². The molecule has 0 bridgehead atoms. The number of para-hydroxylation sites is 1. The van der Waals surface area contributed by atoms with E-state index in [1.165, 1.54) is 14.2 Å². The van der Waals surface area contributed by atoms with Gasteiger partial charge < -0.3 is 15.4 Å². The van der Waals surface area contributed by atoms with Crippen LogP contribution >= 0.6 is 0 Å². The van der Waals surface area contributed by atoms with Crippen molar-refractivity contribution in [3.05, 3.63) is 71.9 Å². The highest BCUT2D eigenvalue weighted by Gasteiger charge is 2.31. The Morgan fingerprint density at radius 2 is 1.82 bits per heavy atom. The largest absolute Gasteiger partial charge is 0.381 e. The number of benzene rings is 2. The van der Waals surface area contributed by atoms with Gasteiger partial charge in [-0.1, -0.05) is 48.5 Å². The maximum atomic E-state index is 12.8. The van der Waals surface area contributed by atoms with Crippen LogP contribution < -0.4 is 5.32 Å². The summed E-state index contributed by atoms with van der Waals surface area (Å²) in [5.41, 5.74) is 2.08. The number of carbonyl (C=O) groups excluding carboxylic acids is 2. The Hall–Kier alpha value is -3.16. The molecule has 1 aromatic heterocycles. The Balaban J connectivity index is 1.82. The van der Waals surface area contributed by atoms with Gasteiger partial charge in [-0.3, -0.25) is 14.4 Å². The third kappa shape index (κ3) is 4.39. The summed E-state index contributed by atoms with van der Waals surface area (Å²) in [6.45, 7) is 0. The highest BCUT2D eigenvalue weighted by atomic mass is 16.7. The van der Waals surface area contributed by atoms with Crippen LogP contribution in [0.3, 0.4) is 0 Å². The molecule has 0 aliphatic heterocycles. The lowest BCUT2D eigenvalue weighted by Gasteiger charge is -2.26. The fourth-order valence-electron chi connectivity index (χ4n) is 3.00. The number of nitrogens with zero attached hydrogens (tertiary/aromatic N) is 1. The van der Waals surface area contributed by atoms with Crippen molar-refractivity contribution in [3.8, 4) is 0 Å². The minimum absolute atomic E-state index is 0.289. The third-order valence-electron chi connectivity index (χ3n) is 4.61. The van der Waals surface area contributed by atoms with Crippen molar-refractivity contribution in [2.45, 2.75) is 18.6 Å². The second kappa shape index (κ2) is 8.69. The van der Waals surface area contributed by atoms with Crippen LogP contribution in [0, 0.1) is 0 Å². The number of hydrogen-bond acceptors (Lipinski definition) is 4. The molecule has 0 unspecified atom stereocenters. The fraction of sp³-hybridized carbons (Fsp3) is 0.238. The van der Waals surface area contributed by atoms with Crippen LogP contribution in [0.4, 0.5) is 0 Å². The van der Waals surface area contributed by atoms with Gasteiger partial charge in [-0.2, -0.15) is 0 Å². The van der Waals surface area contributed by atoms with E-state index in [0.717, 1.165) is 21.5 Å². The lowest BCUT2D eigenvalue weighted by Crippen LogP contribution is -2.51. The molecule has 0 saturated carbocycles. The Bertz CT molecular complexity index is 921. The van der Waals surface area contributed by atoms with Crippen molar-refractivity contribution in [2.75, 3.05) is 14.2 Å².